The monoisotopic (exact) mass is 258 g/mol. The quantitative estimate of drug-likeness (QED) is 0.649. The second kappa shape index (κ2) is 5.69. The summed E-state index contributed by atoms with van der Waals surface area (Å²) in [6.07, 6.45) is 2.75. The van der Waals surface area contributed by atoms with Gasteiger partial charge in [0.05, 0.1) is 6.42 Å². The highest BCUT2D eigenvalue weighted by Crippen LogP contribution is 2.18. The largest absolute Gasteiger partial charge is 0.373 e. The van der Waals surface area contributed by atoms with E-state index in [1.165, 1.54) is 10.5 Å². The standard InChI is InChI=1S/C15H18N2O2/c1-3-9-17-14(18)10-13(15(17)19)16-12-7-5-11(4-2)6-8-12/h3,5-8,13,16H,1,4,9-10H2,2H3. The Kier molecular flexibility index (Phi) is 4.00. The molecule has 1 N–H and O–H groups in total. The molecule has 1 saturated heterocycles. The SMILES string of the molecule is C=CCN1C(=O)CC(Nc2ccc(CC)cc2)C1=O. The highest BCUT2D eigenvalue weighted by atomic mass is 16.2. The molecule has 0 radical (unpaired) electrons. The molecule has 1 aliphatic rings. The number of rotatable bonds is 5. The van der Waals surface area contributed by atoms with Gasteiger partial charge in [-0.05, 0) is 24.1 Å². The van der Waals surface area contributed by atoms with E-state index in [1.54, 1.807) is 6.08 Å². The third kappa shape index (κ3) is 2.84. The Balaban J connectivity index is 2.05. The van der Waals surface area contributed by atoms with Gasteiger partial charge in [-0.2, -0.15) is 0 Å². The zero-order valence-electron chi connectivity index (χ0n) is 11.1. The van der Waals surface area contributed by atoms with Gasteiger partial charge in [-0.15, -0.1) is 6.58 Å². The molecule has 2 rings (SSSR count). The number of nitrogens with zero attached hydrogens (tertiary/aromatic N) is 1. The van der Waals surface area contributed by atoms with Gasteiger partial charge in [0.2, 0.25) is 5.91 Å². The van der Waals surface area contributed by atoms with Crippen LogP contribution in [0.15, 0.2) is 36.9 Å². The van der Waals surface area contributed by atoms with Crippen LogP contribution in [0, 0.1) is 0 Å². The van der Waals surface area contributed by atoms with E-state index in [-0.39, 0.29) is 24.8 Å². The number of imide groups is 1. The lowest BCUT2D eigenvalue weighted by Crippen LogP contribution is -2.34. The molecule has 1 atom stereocenters. The van der Waals surface area contributed by atoms with Gasteiger partial charge in [0.25, 0.3) is 5.91 Å². The molecular formula is C15H18N2O2. The van der Waals surface area contributed by atoms with Crippen LogP contribution >= 0.6 is 0 Å². The predicted molar refractivity (Wildman–Crippen MR) is 74.8 cm³/mol. The molecule has 0 spiro atoms. The van der Waals surface area contributed by atoms with Crippen molar-refractivity contribution in [2.45, 2.75) is 25.8 Å². The first-order valence-corrected chi connectivity index (χ1v) is 6.46. The normalized spacial score (nSPS) is 18.8. The Morgan fingerprint density at radius 3 is 2.63 bits per heavy atom. The number of benzene rings is 1. The summed E-state index contributed by atoms with van der Waals surface area (Å²) in [7, 11) is 0. The number of carbonyl (C=O) groups is 2. The third-order valence-corrected chi connectivity index (χ3v) is 3.26. The average molecular weight is 258 g/mol. The molecule has 0 saturated carbocycles. The molecule has 100 valence electrons. The third-order valence-electron chi connectivity index (χ3n) is 3.26. The predicted octanol–water partition coefficient (Wildman–Crippen LogP) is 1.97. The summed E-state index contributed by atoms with van der Waals surface area (Å²) in [5.41, 5.74) is 2.11. The molecule has 4 nitrogen and oxygen atoms in total. The lowest BCUT2D eigenvalue weighted by Gasteiger charge is -2.14. The van der Waals surface area contributed by atoms with E-state index >= 15 is 0 Å². The molecule has 1 aromatic carbocycles. The first-order valence-electron chi connectivity index (χ1n) is 6.46. The van der Waals surface area contributed by atoms with Crippen LogP contribution in [0.3, 0.4) is 0 Å². The van der Waals surface area contributed by atoms with E-state index in [0.29, 0.717) is 0 Å². The van der Waals surface area contributed by atoms with Crippen LogP contribution in [0.4, 0.5) is 5.69 Å². The van der Waals surface area contributed by atoms with Crippen molar-refractivity contribution in [3.63, 3.8) is 0 Å². The van der Waals surface area contributed by atoms with Gasteiger partial charge >= 0.3 is 0 Å². The van der Waals surface area contributed by atoms with E-state index in [4.69, 9.17) is 0 Å². The van der Waals surface area contributed by atoms with Crippen molar-refractivity contribution >= 4 is 17.5 Å². The minimum atomic E-state index is -0.458. The Bertz CT molecular complexity index is 493. The number of nitrogens with one attached hydrogen (secondary N) is 1. The van der Waals surface area contributed by atoms with Crippen molar-refractivity contribution in [1.82, 2.24) is 4.90 Å². The van der Waals surface area contributed by atoms with Gasteiger partial charge in [0, 0.05) is 12.2 Å². The Hall–Kier alpha value is -2.10. The maximum Gasteiger partial charge on any atom is 0.252 e. The van der Waals surface area contributed by atoms with Crippen LogP contribution in [0.25, 0.3) is 0 Å². The molecule has 19 heavy (non-hydrogen) atoms. The Morgan fingerprint density at radius 1 is 1.37 bits per heavy atom. The van der Waals surface area contributed by atoms with Crippen molar-refractivity contribution in [3.05, 3.63) is 42.5 Å². The van der Waals surface area contributed by atoms with Crippen molar-refractivity contribution < 1.29 is 9.59 Å². The molecule has 1 aromatic rings. The second-order valence-electron chi connectivity index (χ2n) is 4.58. The minimum Gasteiger partial charge on any atom is -0.373 e. The molecule has 1 aliphatic heterocycles. The van der Waals surface area contributed by atoms with Crippen molar-refractivity contribution in [1.29, 1.82) is 0 Å². The summed E-state index contributed by atoms with van der Waals surface area (Å²) >= 11 is 0. The topological polar surface area (TPSA) is 49.4 Å². The second-order valence-corrected chi connectivity index (χ2v) is 4.58. The minimum absolute atomic E-state index is 0.146. The van der Waals surface area contributed by atoms with E-state index in [0.717, 1.165) is 12.1 Å². The molecule has 0 aliphatic carbocycles. The Labute approximate surface area is 113 Å². The summed E-state index contributed by atoms with van der Waals surface area (Å²) in [6, 6.07) is 7.45. The van der Waals surface area contributed by atoms with E-state index in [1.807, 2.05) is 24.3 Å². The zero-order chi connectivity index (χ0) is 13.8. The van der Waals surface area contributed by atoms with Gasteiger partial charge in [-0.25, -0.2) is 0 Å². The number of amides is 2. The number of hydrogen-bond acceptors (Lipinski definition) is 3. The molecule has 2 amide bonds. The lowest BCUT2D eigenvalue weighted by atomic mass is 10.1. The van der Waals surface area contributed by atoms with E-state index in [2.05, 4.69) is 18.8 Å². The van der Waals surface area contributed by atoms with Crippen LogP contribution in [0.1, 0.15) is 18.9 Å². The maximum atomic E-state index is 12.0. The van der Waals surface area contributed by atoms with Gasteiger partial charge in [-0.3, -0.25) is 14.5 Å². The van der Waals surface area contributed by atoms with Crippen LogP contribution in [-0.4, -0.2) is 29.3 Å². The zero-order valence-corrected chi connectivity index (χ0v) is 11.1. The average Bonchev–Trinajstić information content (AvgIpc) is 2.68. The summed E-state index contributed by atoms with van der Waals surface area (Å²) in [4.78, 5) is 25.0. The van der Waals surface area contributed by atoms with Crippen LogP contribution in [0.2, 0.25) is 0 Å². The number of hydrogen-bond donors (Lipinski definition) is 1. The number of likely N-dealkylation sites (tertiary alicyclic amines) is 1. The fraction of sp³-hybridized carbons (Fsp3) is 0.333. The molecule has 4 heteroatoms. The summed E-state index contributed by atoms with van der Waals surface area (Å²) in [5.74, 6) is -0.322. The van der Waals surface area contributed by atoms with E-state index in [9.17, 15) is 9.59 Å². The fourth-order valence-corrected chi connectivity index (χ4v) is 2.15. The highest BCUT2D eigenvalue weighted by Gasteiger charge is 2.37. The maximum absolute atomic E-state index is 12.0. The Morgan fingerprint density at radius 2 is 2.05 bits per heavy atom. The first-order chi connectivity index (χ1) is 9.15. The number of aryl methyl sites for hydroxylation is 1. The molecule has 1 unspecified atom stereocenters. The molecular weight excluding hydrogens is 240 g/mol. The van der Waals surface area contributed by atoms with Crippen molar-refractivity contribution in [2.75, 3.05) is 11.9 Å². The van der Waals surface area contributed by atoms with Gasteiger partial charge < -0.3 is 5.32 Å². The van der Waals surface area contributed by atoms with Crippen LogP contribution in [-0.2, 0) is 16.0 Å². The number of anilines is 1. The summed E-state index contributed by atoms with van der Waals surface area (Å²) in [6.45, 7) is 5.93. The molecule has 1 fully saturated rings. The van der Waals surface area contributed by atoms with Gasteiger partial charge in [0.15, 0.2) is 0 Å². The van der Waals surface area contributed by atoms with Crippen LogP contribution in [0.5, 0.6) is 0 Å². The fourth-order valence-electron chi connectivity index (χ4n) is 2.15. The van der Waals surface area contributed by atoms with Crippen LogP contribution < -0.4 is 5.32 Å². The molecule has 0 aromatic heterocycles. The highest BCUT2D eigenvalue weighted by molar-refractivity contribution is 6.06. The summed E-state index contributed by atoms with van der Waals surface area (Å²) in [5, 5.41) is 3.11. The smallest absolute Gasteiger partial charge is 0.252 e. The lowest BCUT2D eigenvalue weighted by molar-refractivity contribution is -0.137. The number of carbonyl (C=O) groups excluding carboxylic acids is 2. The molecule has 1 heterocycles. The van der Waals surface area contributed by atoms with Crippen molar-refractivity contribution in [3.8, 4) is 0 Å². The van der Waals surface area contributed by atoms with Gasteiger partial charge in [0.1, 0.15) is 6.04 Å². The summed E-state index contributed by atoms with van der Waals surface area (Å²) < 4.78 is 0. The molecule has 0 bridgehead atoms. The first kappa shape index (κ1) is 13.3. The van der Waals surface area contributed by atoms with E-state index < -0.39 is 6.04 Å². The van der Waals surface area contributed by atoms with Crippen molar-refractivity contribution in [2.24, 2.45) is 0 Å². The van der Waals surface area contributed by atoms with Gasteiger partial charge in [-0.1, -0.05) is 25.1 Å².